The monoisotopic (exact) mass is 513 g/mol. The highest BCUT2D eigenvalue weighted by Gasteiger charge is 2.36. The van der Waals surface area contributed by atoms with Gasteiger partial charge < -0.3 is 5.32 Å². The number of hydrogen-bond donors (Lipinski definition) is 2. The van der Waals surface area contributed by atoms with E-state index >= 15 is 0 Å². The highest BCUT2D eigenvalue weighted by Crippen LogP contribution is 2.37. The highest BCUT2D eigenvalue weighted by molar-refractivity contribution is 7.93. The number of rotatable bonds is 8. The first-order valence-electron chi connectivity index (χ1n) is 11.2. The van der Waals surface area contributed by atoms with Crippen molar-refractivity contribution in [1.82, 2.24) is 10.0 Å². The molecule has 3 aromatic rings. The van der Waals surface area contributed by atoms with Crippen LogP contribution in [0.5, 0.6) is 0 Å². The molecule has 0 spiro atoms. The van der Waals surface area contributed by atoms with Gasteiger partial charge in [-0.1, -0.05) is 35.9 Å². The normalized spacial score (nSPS) is 15.6. The van der Waals surface area contributed by atoms with Gasteiger partial charge in [-0.05, 0) is 68.3 Å². The van der Waals surface area contributed by atoms with Crippen molar-refractivity contribution < 1.29 is 21.6 Å². The van der Waals surface area contributed by atoms with E-state index in [1.54, 1.807) is 60.7 Å². The van der Waals surface area contributed by atoms with Gasteiger partial charge in [0.05, 0.1) is 15.5 Å². The van der Waals surface area contributed by atoms with Gasteiger partial charge in [-0.3, -0.25) is 9.10 Å². The molecule has 2 N–H and O–H groups in total. The fourth-order valence-electron chi connectivity index (χ4n) is 4.08. The first-order chi connectivity index (χ1) is 16.6. The zero-order chi connectivity index (χ0) is 25.2. The molecule has 1 heterocycles. The van der Waals surface area contributed by atoms with Crippen LogP contribution in [0.25, 0.3) is 0 Å². The van der Waals surface area contributed by atoms with E-state index in [-0.39, 0.29) is 34.8 Å². The summed E-state index contributed by atoms with van der Waals surface area (Å²) in [5.41, 5.74) is 2.67. The SMILES string of the molecule is Cc1ccc(S(=O)(=O)NCCNC(=O)c2ccc3c(c2)C[C@H](C)N3S(=O)(=O)c2ccccc2)cc1. The van der Waals surface area contributed by atoms with E-state index in [1.165, 1.54) is 16.4 Å². The summed E-state index contributed by atoms with van der Waals surface area (Å²) < 4.78 is 55.0. The maximum Gasteiger partial charge on any atom is 0.264 e. The van der Waals surface area contributed by atoms with Gasteiger partial charge in [-0.25, -0.2) is 21.6 Å². The summed E-state index contributed by atoms with van der Waals surface area (Å²) in [7, 11) is -7.38. The van der Waals surface area contributed by atoms with Crippen LogP contribution in [-0.2, 0) is 26.5 Å². The van der Waals surface area contributed by atoms with Crippen LogP contribution in [0.1, 0.15) is 28.4 Å². The Morgan fingerprint density at radius 2 is 1.60 bits per heavy atom. The molecule has 0 unspecified atom stereocenters. The Balaban J connectivity index is 1.40. The van der Waals surface area contributed by atoms with Crippen LogP contribution >= 0.6 is 0 Å². The third-order valence-electron chi connectivity index (χ3n) is 5.83. The number of aryl methyl sites for hydroxylation is 1. The Hall–Kier alpha value is -3.21. The number of fused-ring (bicyclic) bond motifs is 1. The molecule has 1 atom stereocenters. The lowest BCUT2D eigenvalue weighted by Crippen LogP contribution is -2.35. The number of carbonyl (C=O) groups is 1. The standard InChI is InChI=1S/C25H27N3O5S2/c1-18-8-11-22(12-9-18)34(30,31)27-15-14-26-25(29)20-10-13-24-21(17-20)16-19(2)28(24)35(32,33)23-6-4-3-5-7-23/h3-13,17,19,27H,14-16H2,1-2H3,(H,26,29)/t19-/m0/s1. The minimum Gasteiger partial charge on any atom is -0.351 e. The van der Waals surface area contributed by atoms with Crippen molar-refractivity contribution in [2.45, 2.75) is 36.1 Å². The maximum atomic E-state index is 13.2. The van der Waals surface area contributed by atoms with Gasteiger partial charge in [0, 0.05) is 24.7 Å². The second kappa shape index (κ2) is 9.80. The number of amides is 1. The molecule has 0 bridgehead atoms. The lowest BCUT2D eigenvalue weighted by Gasteiger charge is -2.24. The largest absolute Gasteiger partial charge is 0.351 e. The van der Waals surface area contributed by atoms with E-state index in [0.717, 1.165) is 11.1 Å². The maximum absolute atomic E-state index is 13.2. The van der Waals surface area contributed by atoms with Crippen LogP contribution in [-0.4, -0.2) is 41.9 Å². The quantitative estimate of drug-likeness (QED) is 0.450. The summed E-state index contributed by atoms with van der Waals surface area (Å²) in [4.78, 5) is 13.0. The molecule has 0 saturated heterocycles. The molecule has 1 aliphatic heterocycles. The first kappa shape index (κ1) is 24.9. The predicted molar refractivity (Wildman–Crippen MR) is 134 cm³/mol. The molecule has 184 valence electrons. The van der Waals surface area contributed by atoms with Crippen LogP contribution in [0.2, 0.25) is 0 Å². The van der Waals surface area contributed by atoms with E-state index in [2.05, 4.69) is 10.0 Å². The topological polar surface area (TPSA) is 113 Å². The Morgan fingerprint density at radius 1 is 0.914 bits per heavy atom. The predicted octanol–water partition coefficient (Wildman–Crippen LogP) is 2.84. The second-order valence-electron chi connectivity index (χ2n) is 8.48. The number of benzene rings is 3. The van der Waals surface area contributed by atoms with Gasteiger partial charge in [-0.2, -0.15) is 0 Å². The fourth-order valence-corrected chi connectivity index (χ4v) is 6.83. The third kappa shape index (κ3) is 5.24. The fraction of sp³-hybridized carbons (Fsp3) is 0.240. The van der Waals surface area contributed by atoms with Crippen LogP contribution in [0, 0.1) is 6.92 Å². The summed E-state index contributed by atoms with van der Waals surface area (Å²) in [5.74, 6) is -0.362. The van der Waals surface area contributed by atoms with Crippen LogP contribution in [0.4, 0.5) is 5.69 Å². The Kier molecular flexibility index (Phi) is 6.98. The van der Waals surface area contributed by atoms with Crippen molar-refractivity contribution in [1.29, 1.82) is 0 Å². The summed E-state index contributed by atoms with van der Waals surface area (Å²) in [6, 6.07) is 19.4. The van der Waals surface area contributed by atoms with Crippen molar-refractivity contribution >= 4 is 31.6 Å². The van der Waals surface area contributed by atoms with Crippen LogP contribution in [0.3, 0.4) is 0 Å². The molecule has 1 aliphatic rings. The molecule has 0 aromatic heterocycles. The highest BCUT2D eigenvalue weighted by atomic mass is 32.2. The summed E-state index contributed by atoms with van der Waals surface area (Å²) in [6.07, 6.45) is 0.485. The van der Waals surface area contributed by atoms with Gasteiger partial charge >= 0.3 is 0 Å². The van der Waals surface area contributed by atoms with E-state index in [9.17, 15) is 21.6 Å². The molecular formula is C25H27N3O5S2. The van der Waals surface area contributed by atoms with E-state index in [4.69, 9.17) is 0 Å². The van der Waals surface area contributed by atoms with Gasteiger partial charge in [0.15, 0.2) is 0 Å². The molecule has 3 aromatic carbocycles. The van der Waals surface area contributed by atoms with E-state index < -0.39 is 20.0 Å². The average molecular weight is 514 g/mol. The first-order valence-corrected chi connectivity index (χ1v) is 14.1. The van der Waals surface area contributed by atoms with Crippen LogP contribution in [0.15, 0.2) is 82.6 Å². The number of nitrogens with one attached hydrogen (secondary N) is 2. The van der Waals surface area contributed by atoms with Gasteiger partial charge in [0.25, 0.3) is 15.9 Å². The zero-order valence-electron chi connectivity index (χ0n) is 19.4. The molecule has 4 rings (SSSR count). The minimum absolute atomic E-state index is 0.0347. The molecule has 0 aliphatic carbocycles. The number of hydrogen-bond acceptors (Lipinski definition) is 5. The Bertz CT molecular complexity index is 1440. The summed E-state index contributed by atoms with van der Waals surface area (Å²) in [6.45, 7) is 3.85. The smallest absolute Gasteiger partial charge is 0.264 e. The second-order valence-corrected chi connectivity index (χ2v) is 12.1. The minimum atomic E-state index is -3.72. The number of anilines is 1. The Labute approximate surface area is 206 Å². The zero-order valence-corrected chi connectivity index (χ0v) is 21.1. The van der Waals surface area contributed by atoms with Gasteiger partial charge in [-0.15, -0.1) is 0 Å². The van der Waals surface area contributed by atoms with Crippen molar-refractivity contribution in [2.24, 2.45) is 0 Å². The van der Waals surface area contributed by atoms with E-state index in [0.29, 0.717) is 17.7 Å². The number of nitrogens with zero attached hydrogens (tertiary/aromatic N) is 1. The average Bonchev–Trinajstić information content (AvgIpc) is 3.18. The van der Waals surface area contributed by atoms with E-state index in [1.807, 2.05) is 13.8 Å². The molecule has 0 radical (unpaired) electrons. The molecule has 10 heteroatoms. The van der Waals surface area contributed by atoms with Crippen molar-refractivity contribution in [3.8, 4) is 0 Å². The third-order valence-corrected chi connectivity index (χ3v) is 9.25. The van der Waals surface area contributed by atoms with Gasteiger partial charge in [0.1, 0.15) is 0 Å². The lowest BCUT2D eigenvalue weighted by atomic mass is 10.1. The lowest BCUT2D eigenvalue weighted by molar-refractivity contribution is 0.0954. The number of sulfonamides is 2. The summed E-state index contributed by atoms with van der Waals surface area (Å²) in [5, 5.41) is 2.70. The van der Waals surface area contributed by atoms with Crippen LogP contribution < -0.4 is 14.3 Å². The molecule has 0 fully saturated rings. The van der Waals surface area contributed by atoms with Crippen molar-refractivity contribution in [3.05, 3.63) is 89.5 Å². The molecule has 35 heavy (non-hydrogen) atoms. The molecule has 8 nitrogen and oxygen atoms in total. The van der Waals surface area contributed by atoms with Gasteiger partial charge in [0.2, 0.25) is 10.0 Å². The Morgan fingerprint density at radius 3 is 2.29 bits per heavy atom. The molecule has 1 amide bonds. The summed E-state index contributed by atoms with van der Waals surface area (Å²) >= 11 is 0. The van der Waals surface area contributed by atoms with Crippen molar-refractivity contribution in [2.75, 3.05) is 17.4 Å². The van der Waals surface area contributed by atoms with Crippen molar-refractivity contribution in [3.63, 3.8) is 0 Å². The molecular weight excluding hydrogens is 486 g/mol. The molecule has 0 saturated carbocycles. The number of carbonyl (C=O) groups excluding carboxylic acids is 1.